The third kappa shape index (κ3) is 5.65. The Morgan fingerprint density at radius 3 is 2.39 bits per heavy atom. The molecule has 0 saturated carbocycles. The molecule has 0 radical (unpaired) electrons. The van der Waals surface area contributed by atoms with E-state index in [1.165, 1.54) is 0 Å². The van der Waals surface area contributed by atoms with Gasteiger partial charge in [-0.3, -0.25) is 9.59 Å². The Labute approximate surface area is 204 Å². The number of ether oxygens (including phenoxy) is 1. The van der Waals surface area contributed by atoms with Crippen molar-refractivity contribution in [3.8, 4) is 5.75 Å². The molecule has 0 unspecified atom stereocenters. The van der Waals surface area contributed by atoms with Crippen molar-refractivity contribution < 1.29 is 19.4 Å². The minimum absolute atomic E-state index is 0.0220. The topological polar surface area (TPSA) is 70.1 Å². The number of Topliss-reactive ketones (excluding diaryl/α,β-unsaturated/α-hetero) is 1. The van der Waals surface area contributed by atoms with Gasteiger partial charge in [-0.15, -0.1) is 0 Å². The number of likely N-dealkylation sites (tertiary alicyclic amines) is 1. The van der Waals surface area contributed by atoms with E-state index in [9.17, 15) is 14.7 Å². The highest BCUT2D eigenvalue weighted by molar-refractivity contribution is 9.10. The quantitative estimate of drug-likeness (QED) is 0.307. The van der Waals surface area contributed by atoms with Crippen molar-refractivity contribution in [1.29, 1.82) is 0 Å². The lowest BCUT2D eigenvalue weighted by Gasteiger charge is -2.26. The fraction of sp³-hybridized carbons (Fsp3) is 0.385. The minimum atomic E-state index is -0.660. The zero-order valence-electron chi connectivity index (χ0n) is 19.8. The fourth-order valence-electron chi connectivity index (χ4n) is 4.05. The average molecular weight is 515 g/mol. The standard InChI is InChI=1S/C26H31BrN2O4/c1-16(2)33-20-11-12-21(17(3)15-20)24(30)22-23(18-7-9-19(27)10-8-18)29(26(32)25(22)31)14-6-13-28(4)5/h7-12,15-16,23,30H,6,13-14H2,1-5H3/t23-/m1/s1. The van der Waals surface area contributed by atoms with Crippen LogP contribution >= 0.6 is 15.9 Å². The van der Waals surface area contributed by atoms with Crippen LogP contribution in [0.15, 0.2) is 52.5 Å². The molecule has 1 N–H and O–H groups in total. The highest BCUT2D eigenvalue weighted by Gasteiger charge is 2.45. The maximum Gasteiger partial charge on any atom is 0.295 e. The van der Waals surface area contributed by atoms with E-state index in [1.807, 2.05) is 70.1 Å². The summed E-state index contributed by atoms with van der Waals surface area (Å²) >= 11 is 3.44. The van der Waals surface area contributed by atoms with Crippen LogP contribution in [0.3, 0.4) is 0 Å². The molecule has 1 aliphatic heterocycles. The molecule has 2 aromatic rings. The van der Waals surface area contributed by atoms with Crippen LogP contribution in [0.1, 0.15) is 43.0 Å². The largest absolute Gasteiger partial charge is 0.507 e. The fourth-order valence-corrected chi connectivity index (χ4v) is 4.32. The Morgan fingerprint density at radius 1 is 1.15 bits per heavy atom. The van der Waals surface area contributed by atoms with Gasteiger partial charge in [0.2, 0.25) is 0 Å². The van der Waals surface area contributed by atoms with Crippen LogP contribution in [0.5, 0.6) is 5.75 Å². The minimum Gasteiger partial charge on any atom is -0.507 e. The van der Waals surface area contributed by atoms with Crippen LogP contribution in [-0.4, -0.2) is 59.9 Å². The maximum absolute atomic E-state index is 13.1. The van der Waals surface area contributed by atoms with Crippen LogP contribution in [0, 0.1) is 6.92 Å². The van der Waals surface area contributed by atoms with E-state index in [0.717, 1.165) is 22.1 Å². The van der Waals surface area contributed by atoms with E-state index in [0.29, 0.717) is 24.3 Å². The van der Waals surface area contributed by atoms with Crippen LogP contribution in [0.25, 0.3) is 5.76 Å². The van der Waals surface area contributed by atoms with Crippen LogP contribution in [-0.2, 0) is 9.59 Å². The van der Waals surface area contributed by atoms with Crippen LogP contribution in [0.4, 0.5) is 0 Å². The number of ketones is 1. The van der Waals surface area contributed by atoms with Gasteiger partial charge in [0, 0.05) is 16.6 Å². The van der Waals surface area contributed by atoms with Crippen molar-refractivity contribution >= 4 is 33.4 Å². The van der Waals surface area contributed by atoms with Crippen molar-refractivity contribution in [2.24, 2.45) is 0 Å². The highest BCUT2D eigenvalue weighted by atomic mass is 79.9. The molecule has 7 heteroatoms. The zero-order valence-corrected chi connectivity index (χ0v) is 21.3. The number of aryl methyl sites for hydroxylation is 1. The molecular formula is C26H31BrN2O4. The average Bonchev–Trinajstić information content (AvgIpc) is 2.98. The predicted octanol–water partition coefficient (Wildman–Crippen LogP) is 4.92. The first-order chi connectivity index (χ1) is 15.6. The van der Waals surface area contributed by atoms with Crippen molar-refractivity contribution in [2.75, 3.05) is 27.2 Å². The molecular weight excluding hydrogens is 484 g/mol. The first kappa shape index (κ1) is 25.0. The van der Waals surface area contributed by atoms with E-state index >= 15 is 0 Å². The molecule has 1 heterocycles. The van der Waals surface area contributed by atoms with Gasteiger partial charge in [0.05, 0.1) is 17.7 Å². The number of hydrogen-bond acceptors (Lipinski definition) is 5. The maximum atomic E-state index is 13.1. The van der Waals surface area contributed by atoms with Gasteiger partial charge in [-0.2, -0.15) is 0 Å². The normalized spacial score (nSPS) is 17.9. The van der Waals surface area contributed by atoms with E-state index in [-0.39, 0.29) is 17.4 Å². The summed E-state index contributed by atoms with van der Waals surface area (Å²) < 4.78 is 6.64. The van der Waals surface area contributed by atoms with Gasteiger partial charge in [0.25, 0.3) is 11.7 Å². The van der Waals surface area contributed by atoms with E-state index in [4.69, 9.17) is 4.74 Å². The van der Waals surface area contributed by atoms with Crippen molar-refractivity contribution in [3.63, 3.8) is 0 Å². The smallest absolute Gasteiger partial charge is 0.295 e. The van der Waals surface area contributed by atoms with E-state index < -0.39 is 17.7 Å². The molecule has 0 bridgehead atoms. The second-order valence-electron chi connectivity index (χ2n) is 8.84. The molecule has 0 aromatic heterocycles. The third-order valence-corrected chi connectivity index (χ3v) is 6.08. The Bertz CT molecular complexity index is 1060. The number of benzene rings is 2. The van der Waals surface area contributed by atoms with Gasteiger partial charge >= 0.3 is 0 Å². The molecule has 1 amide bonds. The summed E-state index contributed by atoms with van der Waals surface area (Å²) in [6, 6.07) is 12.2. The second-order valence-corrected chi connectivity index (χ2v) is 9.76. The highest BCUT2D eigenvalue weighted by Crippen LogP contribution is 2.40. The zero-order chi connectivity index (χ0) is 24.3. The summed E-state index contributed by atoms with van der Waals surface area (Å²) in [4.78, 5) is 29.8. The van der Waals surface area contributed by atoms with Gasteiger partial charge in [0.15, 0.2) is 0 Å². The van der Waals surface area contributed by atoms with Crippen molar-refractivity contribution in [2.45, 2.75) is 39.3 Å². The lowest BCUT2D eigenvalue weighted by Crippen LogP contribution is -2.32. The number of carbonyl (C=O) groups excluding carboxylic acids is 2. The van der Waals surface area contributed by atoms with Crippen molar-refractivity contribution in [1.82, 2.24) is 9.80 Å². The summed E-state index contributed by atoms with van der Waals surface area (Å²) in [5.74, 6) is -0.717. The van der Waals surface area contributed by atoms with Crippen LogP contribution < -0.4 is 4.74 Å². The number of aliphatic hydroxyl groups is 1. The Hall–Kier alpha value is -2.64. The lowest BCUT2D eigenvalue weighted by atomic mass is 9.94. The first-order valence-electron chi connectivity index (χ1n) is 11.1. The third-order valence-electron chi connectivity index (χ3n) is 5.55. The Kier molecular flexibility index (Phi) is 7.97. The lowest BCUT2D eigenvalue weighted by molar-refractivity contribution is -0.139. The summed E-state index contributed by atoms with van der Waals surface area (Å²) in [7, 11) is 3.94. The SMILES string of the molecule is Cc1cc(OC(C)C)ccc1C(O)=C1C(=O)C(=O)N(CCCN(C)C)[C@@H]1c1ccc(Br)cc1. The summed E-state index contributed by atoms with van der Waals surface area (Å²) in [5, 5.41) is 11.3. The first-order valence-corrected chi connectivity index (χ1v) is 11.9. The molecule has 1 saturated heterocycles. The summed E-state index contributed by atoms with van der Waals surface area (Å²) in [6.07, 6.45) is 0.738. The van der Waals surface area contributed by atoms with E-state index in [2.05, 4.69) is 15.9 Å². The molecule has 2 aromatic carbocycles. The van der Waals surface area contributed by atoms with Gasteiger partial charge in [-0.1, -0.05) is 28.1 Å². The number of halogens is 1. The van der Waals surface area contributed by atoms with Gasteiger partial charge in [0.1, 0.15) is 11.5 Å². The number of hydrogen-bond donors (Lipinski definition) is 1. The molecule has 1 fully saturated rings. The number of carbonyl (C=O) groups is 2. The summed E-state index contributed by atoms with van der Waals surface area (Å²) in [5.41, 5.74) is 2.17. The molecule has 33 heavy (non-hydrogen) atoms. The van der Waals surface area contributed by atoms with E-state index in [1.54, 1.807) is 17.0 Å². The molecule has 0 aliphatic carbocycles. The number of nitrogens with zero attached hydrogens (tertiary/aromatic N) is 2. The number of amides is 1. The Morgan fingerprint density at radius 2 is 1.82 bits per heavy atom. The predicted molar refractivity (Wildman–Crippen MR) is 133 cm³/mol. The second kappa shape index (κ2) is 10.5. The number of rotatable bonds is 8. The van der Waals surface area contributed by atoms with Crippen molar-refractivity contribution in [3.05, 3.63) is 69.2 Å². The molecule has 6 nitrogen and oxygen atoms in total. The monoisotopic (exact) mass is 514 g/mol. The molecule has 0 spiro atoms. The molecule has 1 aliphatic rings. The number of aliphatic hydroxyl groups excluding tert-OH is 1. The molecule has 3 rings (SSSR count). The van der Waals surface area contributed by atoms with Gasteiger partial charge in [-0.25, -0.2) is 0 Å². The Balaban J connectivity index is 2.08. The van der Waals surface area contributed by atoms with Crippen LogP contribution in [0.2, 0.25) is 0 Å². The molecule has 1 atom stereocenters. The van der Waals surface area contributed by atoms with Gasteiger partial charge in [-0.05, 0) is 89.3 Å². The van der Waals surface area contributed by atoms with Gasteiger partial charge < -0.3 is 19.6 Å². The summed E-state index contributed by atoms with van der Waals surface area (Å²) in [6.45, 7) is 6.94. The molecule has 176 valence electrons.